The fourth-order valence-corrected chi connectivity index (χ4v) is 2.98. The molecule has 1 fully saturated rings. The van der Waals surface area contributed by atoms with Crippen LogP contribution >= 0.6 is 11.6 Å². The van der Waals surface area contributed by atoms with Crippen LogP contribution in [0.25, 0.3) is 11.0 Å². The van der Waals surface area contributed by atoms with Gasteiger partial charge in [-0.2, -0.15) is 0 Å². The average Bonchev–Trinajstić information content (AvgIpc) is 2.79. The number of rotatable bonds is 4. The Morgan fingerprint density at radius 3 is 3.05 bits per heavy atom. The molecule has 0 aliphatic carbocycles. The highest BCUT2D eigenvalue weighted by molar-refractivity contribution is 6.17. The number of nitrogens with zero attached hydrogens (tertiary/aromatic N) is 2. The van der Waals surface area contributed by atoms with Crippen LogP contribution in [0.15, 0.2) is 24.3 Å². The van der Waals surface area contributed by atoms with Crippen molar-refractivity contribution in [2.24, 2.45) is 5.92 Å². The van der Waals surface area contributed by atoms with Crippen LogP contribution in [-0.2, 0) is 17.7 Å². The third-order valence-corrected chi connectivity index (χ3v) is 3.94. The van der Waals surface area contributed by atoms with Crippen LogP contribution < -0.4 is 0 Å². The van der Waals surface area contributed by atoms with Gasteiger partial charge in [-0.05, 0) is 25.0 Å². The summed E-state index contributed by atoms with van der Waals surface area (Å²) >= 11 is 5.90. The quantitative estimate of drug-likeness (QED) is 0.803. The number of hydrogen-bond acceptors (Lipinski definition) is 2. The van der Waals surface area contributed by atoms with Crippen LogP contribution in [0.2, 0.25) is 0 Å². The Morgan fingerprint density at radius 2 is 2.26 bits per heavy atom. The van der Waals surface area contributed by atoms with Gasteiger partial charge in [-0.1, -0.05) is 12.1 Å². The van der Waals surface area contributed by atoms with Crippen molar-refractivity contribution in [1.82, 2.24) is 9.55 Å². The summed E-state index contributed by atoms with van der Waals surface area (Å²) in [7, 11) is 0. The predicted octanol–water partition coefficient (Wildman–Crippen LogP) is 3.24. The zero-order valence-corrected chi connectivity index (χ0v) is 11.8. The van der Waals surface area contributed by atoms with Gasteiger partial charge >= 0.3 is 0 Å². The molecule has 3 nitrogen and oxygen atoms in total. The normalized spacial score (nSPS) is 19.9. The summed E-state index contributed by atoms with van der Waals surface area (Å²) < 4.78 is 7.91. The molecule has 0 amide bonds. The van der Waals surface area contributed by atoms with Crippen LogP contribution in [-0.4, -0.2) is 28.6 Å². The van der Waals surface area contributed by atoms with E-state index in [0.29, 0.717) is 11.8 Å². The summed E-state index contributed by atoms with van der Waals surface area (Å²) in [6.07, 6.45) is 3.23. The molecule has 0 N–H and O–H groups in total. The first-order valence-corrected chi connectivity index (χ1v) is 7.50. The van der Waals surface area contributed by atoms with Gasteiger partial charge in [0, 0.05) is 31.4 Å². The van der Waals surface area contributed by atoms with E-state index in [1.54, 1.807) is 0 Å². The molecule has 102 valence electrons. The Kier molecular flexibility index (Phi) is 4.04. The maximum absolute atomic E-state index is 5.90. The summed E-state index contributed by atoms with van der Waals surface area (Å²) in [5.74, 6) is 2.31. The number of ether oxygens (including phenoxy) is 1. The molecule has 1 aromatic carbocycles. The smallest absolute Gasteiger partial charge is 0.111 e. The molecule has 0 spiro atoms. The largest absolute Gasteiger partial charge is 0.381 e. The van der Waals surface area contributed by atoms with Crippen molar-refractivity contribution >= 4 is 22.6 Å². The van der Waals surface area contributed by atoms with Crippen LogP contribution in [0.1, 0.15) is 18.7 Å². The Balaban J connectivity index is 1.92. The van der Waals surface area contributed by atoms with Crippen molar-refractivity contribution in [2.75, 3.05) is 19.1 Å². The van der Waals surface area contributed by atoms with Gasteiger partial charge in [0.2, 0.25) is 0 Å². The van der Waals surface area contributed by atoms with Crippen molar-refractivity contribution in [3.8, 4) is 0 Å². The highest BCUT2D eigenvalue weighted by Crippen LogP contribution is 2.22. The third kappa shape index (κ3) is 2.77. The molecular formula is C15H19ClN2O. The number of fused-ring (bicyclic) bond motifs is 1. The number of aromatic nitrogens is 2. The van der Waals surface area contributed by atoms with Gasteiger partial charge in [0.05, 0.1) is 17.6 Å². The number of imidazole rings is 1. The first-order valence-electron chi connectivity index (χ1n) is 6.96. The summed E-state index contributed by atoms with van der Waals surface area (Å²) in [6, 6.07) is 8.32. The number of halogens is 1. The zero-order valence-electron chi connectivity index (χ0n) is 11.0. The Hall–Kier alpha value is -1.06. The minimum absolute atomic E-state index is 0.598. The molecule has 1 aromatic heterocycles. The number of hydrogen-bond donors (Lipinski definition) is 0. The second kappa shape index (κ2) is 5.93. The molecule has 1 saturated heterocycles. The molecule has 1 aliphatic heterocycles. The van der Waals surface area contributed by atoms with Crippen molar-refractivity contribution < 1.29 is 4.74 Å². The SMILES string of the molecule is ClCCc1nc2ccccc2n1CC1CCCOC1. The third-order valence-electron chi connectivity index (χ3n) is 3.75. The van der Waals surface area contributed by atoms with Crippen molar-refractivity contribution in [2.45, 2.75) is 25.8 Å². The maximum Gasteiger partial charge on any atom is 0.111 e. The van der Waals surface area contributed by atoms with E-state index in [1.165, 1.54) is 18.4 Å². The monoisotopic (exact) mass is 278 g/mol. The number of alkyl halides is 1. The van der Waals surface area contributed by atoms with Gasteiger partial charge < -0.3 is 9.30 Å². The van der Waals surface area contributed by atoms with Gasteiger partial charge in [-0.3, -0.25) is 0 Å². The molecule has 19 heavy (non-hydrogen) atoms. The zero-order chi connectivity index (χ0) is 13.1. The lowest BCUT2D eigenvalue weighted by atomic mass is 10.0. The van der Waals surface area contributed by atoms with Gasteiger partial charge in [0.25, 0.3) is 0 Å². The molecule has 2 aromatic rings. The highest BCUT2D eigenvalue weighted by atomic mass is 35.5. The average molecular weight is 279 g/mol. The second-order valence-corrected chi connectivity index (χ2v) is 5.53. The van der Waals surface area contributed by atoms with Crippen LogP contribution in [0.3, 0.4) is 0 Å². The van der Waals surface area contributed by atoms with E-state index in [-0.39, 0.29) is 0 Å². The Morgan fingerprint density at radius 1 is 1.37 bits per heavy atom. The lowest BCUT2D eigenvalue weighted by molar-refractivity contribution is 0.0485. The van der Waals surface area contributed by atoms with Gasteiger partial charge in [0.1, 0.15) is 5.82 Å². The Bertz CT molecular complexity index is 546. The van der Waals surface area contributed by atoms with E-state index in [1.807, 2.05) is 6.07 Å². The molecule has 2 heterocycles. The van der Waals surface area contributed by atoms with Crippen molar-refractivity contribution in [1.29, 1.82) is 0 Å². The first-order chi connectivity index (χ1) is 9.38. The summed E-state index contributed by atoms with van der Waals surface area (Å²) in [6.45, 7) is 2.77. The second-order valence-electron chi connectivity index (χ2n) is 5.15. The molecule has 1 atom stereocenters. The number of para-hydroxylation sites is 2. The highest BCUT2D eigenvalue weighted by Gasteiger charge is 2.18. The maximum atomic E-state index is 5.90. The molecule has 0 saturated carbocycles. The molecule has 0 bridgehead atoms. The lowest BCUT2D eigenvalue weighted by Gasteiger charge is -2.23. The van der Waals surface area contributed by atoms with Gasteiger partial charge in [-0.15, -0.1) is 11.6 Å². The molecule has 1 unspecified atom stereocenters. The van der Waals surface area contributed by atoms with E-state index in [2.05, 4.69) is 22.8 Å². The minimum Gasteiger partial charge on any atom is -0.381 e. The summed E-state index contributed by atoms with van der Waals surface area (Å²) in [5, 5.41) is 0. The predicted molar refractivity (Wildman–Crippen MR) is 77.7 cm³/mol. The molecule has 4 heteroatoms. The standard InChI is InChI=1S/C15H19ClN2O/c16-8-7-15-17-13-5-1-2-6-14(13)18(15)10-12-4-3-9-19-11-12/h1-2,5-6,12H,3-4,7-11H2. The molecular weight excluding hydrogens is 260 g/mol. The fourth-order valence-electron chi connectivity index (χ4n) is 2.81. The molecule has 3 rings (SSSR count). The van der Waals surface area contributed by atoms with E-state index in [4.69, 9.17) is 21.3 Å². The fraction of sp³-hybridized carbons (Fsp3) is 0.533. The van der Waals surface area contributed by atoms with E-state index in [9.17, 15) is 0 Å². The van der Waals surface area contributed by atoms with Crippen molar-refractivity contribution in [3.63, 3.8) is 0 Å². The van der Waals surface area contributed by atoms with Gasteiger partial charge in [0.15, 0.2) is 0 Å². The van der Waals surface area contributed by atoms with Crippen LogP contribution in [0.5, 0.6) is 0 Å². The van der Waals surface area contributed by atoms with Gasteiger partial charge in [-0.25, -0.2) is 4.98 Å². The van der Waals surface area contributed by atoms with Crippen LogP contribution in [0, 0.1) is 5.92 Å². The number of aryl methyl sites for hydroxylation is 1. The Labute approximate surface area is 118 Å². The van der Waals surface area contributed by atoms with E-state index >= 15 is 0 Å². The molecule has 0 radical (unpaired) electrons. The van der Waals surface area contributed by atoms with E-state index < -0.39 is 0 Å². The topological polar surface area (TPSA) is 27.1 Å². The number of benzene rings is 1. The van der Waals surface area contributed by atoms with E-state index in [0.717, 1.165) is 37.5 Å². The first kappa shape index (κ1) is 12.9. The van der Waals surface area contributed by atoms with Crippen molar-refractivity contribution in [3.05, 3.63) is 30.1 Å². The summed E-state index contributed by atoms with van der Waals surface area (Å²) in [5.41, 5.74) is 2.28. The summed E-state index contributed by atoms with van der Waals surface area (Å²) in [4.78, 5) is 4.71. The molecule has 1 aliphatic rings. The minimum atomic E-state index is 0.598. The van der Waals surface area contributed by atoms with Crippen LogP contribution in [0.4, 0.5) is 0 Å². The lowest BCUT2D eigenvalue weighted by Crippen LogP contribution is -2.23.